The van der Waals surface area contributed by atoms with Gasteiger partial charge in [0.15, 0.2) is 0 Å². The van der Waals surface area contributed by atoms with Crippen molar-refractivity contribution in [3.63, 3.8) is 0 Å². The maximum atomic E-state index is 8.85. The Hall–Kier alpha value is -1.79. The van der Waals surface area contributed by atoms with Gasteiger partial charge in [-0.25, -0.2) is 0 Å². The Bertz CT molecular complexity index is 522. The molecule has 0 amide bonds. The fourth-order valence-corrected chi connectivity index (χ4v) is 1.88. The molecule has 2 N–H and O–H groups in total. The van der Waals surface area contributed by atoms with E-state index in [1.807, 2.05) is 24.4 Å². The lowest BCUT2D eigenvalue weighted by molar-refractivity contribution is 0.284. The number of aliphatic hydroxyl groups is 1. The molecule has 16 heavy (non-hydrogen) atoms. The minimum Gasteiger partial charge on any atom is -0.396 e. The number of nitriles is 1. The number of fused-ring (bicyclic) bond motifs is 1. The molecule has 0 bridgehead atoms. The summed E-state index contributed by atoms with van der Waals surface area (Å²) in [5, 5.41) is 18.7. The molecule has 0 aliphatic carbocycles. The molecule has 0 aliphatic heterocycles. The minimum atomic E-state index is 0.242. The molecule has 0 spiro atoms. The number of unbranched alkanes of at least 4 members (excludes halogenated alkanes) is 1. The van der Waals surface area contributed by atoms with Gasteiger partial charge in [-0.1, -0.05) is 0 Å². The molecule has 2 aromatic rings. The minimum absolute atomic E-state index is 0.242. The Kier molecular flexibility index (Phi) is 3.23. The van der Waals surface area contributed by atoms with Crippen molar-refractivity contribution in [1.82, 2.24) is 4.98 Å². The predicted octanol–water partition coefficient (Wildman–Crippen LogP) is 2.35. The summed E-state index contributed by atoms with van der Waals surface area (Å²) in [6.45, 7) is 0.242. The molecule has 1 aromatic heterocycles. The monoisotopic (exact) mass is 214 g/mol. The molecule has 0 fully saturated rings. The SMILES string of the molecule is N#Cc1ccc2[nH]cc(CCCCO)c2c1. The number of H-pyrrole nitrogens is 1. The van der Waals surface area contributed by atoms with Crippen LogP contribution in [0.4, 0.5) is 0 Å². The summed E-state index contributed by atoms with van der Waals surface area (Å²) in [7, 11) is 0. The first-order valence-corrected chi connectivity index (χ1v) is 5.46. The molecule has 2 rings (SSSR count). The standard InChI is InChI=1S/C13H14N2O/c14-8-10-4-5-13-12(7-10)11(9-15-13)3-1-2-6-16/h4-5,7,9,15-16H,1-3,6H2. The van der Waals surface area contributed by atoms with E-state index >= 15 is 0 Å². The van der Waals surface area contributed by atoms with Gasteiger partial charge in [0, 0.05) is 23.7 Å². The van der Waals surface area contributed by atoms with Crippen molar-refractivity contribution in [2.45, 2.75) is 19.3 Å². The highest BCUT2D eigenvalue weighted by molar-refractivity contribution is 5.84. The number of aliphatic hydroxyl groups excluding tert-OH is 1. The van der Waals surface area contributed by atoms with Crippen LogP contribution in [0.1, 0.15) is 24.0 Å². The number of benzene rings is 1. The molecule has 1 aromatic carbocycles. The van der Waals surface area contributed by atoms with Gasteiger partial charge in [-0.05, 0) is 43.0 Å². The Morgan fingerprint density at radius 2 is 2.19 bits per heavy atom. The van der Waals surface area contributed by atoms with Crippen molar-refractivity contribution in [1.29, 1.82) is 5.26 Å². The summed E-state index contributed by atoms with van der Waals surface area (Å²) in [5.41, 5.74) is 2.98. The molecular weight excluding hydrogens is 200 g/mol. The second kappa shape index (κ2) is 4.82. The Labute approximate surface area is 94.3 Å². The summed E-state index contributed by atoms with van der Waals surface area (Å²) in [5.74, 6) is 0. The second-order valence-corrected chi connectivity index (χ2v) is 3.87. The lowest BCUT2D eigenvalue weighted by Gasteiger charge is -1.98. The van der Waals surface area contributed by atoms with Crippen molar-refractivity contribution >= 4 is 10.9 Å². The number of aromatic amines is 1. The van der Waals surface area contributed by atoms with Crippen molar-refractivity contribution in [2.24, 2.45) is 0 Å². The summed E-state index contributed by atoms with van der Waals surface area (Å²) in [4.78, 5) is 3.19. The summed E-state index contributed by atoms with van der Waals surface area (Å²) >= 11 is 0. The average Bonchev–Trinajstić information content (AvgIpc) is 2.72. The molecule has 1 heterocycles. The number of rotatable bonds is 4. The van der Waals surface area contributed by atoms with E-state index in [1.54, 1.807) is 0 Å². The van der Waals surface area contributed by atoms with E-state index in [2.05, 4.69) is 11.1 Å². The van der Waals surface area contributed by atoms with Crippen LogP contribution in [0.3, 0.4) is 0 Å². The van der Waals surface area contributed by atoms with Crippen LogP contribution in [-0.4, -0.2) is 16.7 Å². The molecule has 0 radical (unpaired) electrons. The molecule has 82 valence electrons. The van der Waals surface area contributed by atoms with Crippen LogP contribution in [0.25, 0.3) is 10.9 Å². The van der Waals surface area contributed by atoms with Crippen LogP contribution in [0.5, 0.6) is 0 Å². The summed E-state index contributed by atoms with van der Waals surface area (Å²) < 4.78 is 0. The van der Waals surface area contributed by atoms with E-state index in [9.17, 15) is 0 Å². The third-order valence-corrected chi connectivity index (χ3v) is 2.75. The van der Waals surface area contributed by atoms with Gasteiger partial charge in [0.05, 0.1) is 11.6 Å². The lowest BCUT2D eigenvalue weighted by atomic mass is 10.1. The van der Waals surface area contributed by atoms with Crippen LogP contribution in [-0.2, 0) is 6.42 Å². The van der Waals surface area contributed by atoms with Crippen molar-refractivity contribution in [3.8, 4) is 6.07 Å². The molecule has 0 unspecified atom stereocenters. The topological polar surface area (TPSA) is 59.8 Å². The number of nitrogens with one attached hydrogen (secondary N) is 1. The fourth-order valence-electron chi connectivity index (χ4n) is 1.88. The first-order valence-electron chi connectivity index (χ1n) is 5.46. The number of aryl methyl sites for hydroxylation is 1. The van der Waals surface area contributed by atoms with Crippen molar-refractivity contribution < 1.29 is 5.11 Å². The maximum absolute atomic E-state index is 8.85. The molecule has 0 atom stereocenters. The number of aromatic nitrogens is 1. The summed E-state index contributed by atoms with van der Waals surface area (Å²) in [6.07, 6.45) is 4.73. The van der Waals surface area contributed by atoms with E-state index in [0.717, 1.165) is 30.2 Å². The first kappa shape index (κ1) is 10.7. The van der Waals surface area contributed by atoms with Gasteiger partial charge in [0.2, 0.25) is 0 Å². The van der Waals surface area contributed by atoms with Gasteiger partial charge >= 0.3 is 0 Å². The quantitative estimate of drug-likeness (QED) is 0.767. The van der Waals surface area contributed by atoms with Gasteiger partial charge in [-0.2, -0.15) is 5.26 Å². The highest BCUT2D eigenvalue weighted by Crippen LogP contribution is 2.21. The Morgan fingerprint density at radius 3 is 2.94 bits per heavy atom. The molecule has 3 heteroatoms. The third kappa shape index (κ3) is 2.07. The Morgan fingerprint density at radius 1 is 1.31 bits per heavy atom. The predicted molar refractivity (Wildman–Crippen MR) is 63.0 cm³/mol. The second-order valence-electron chi connectivity index (χ2n) is 3.87. The van der Waals surface area contributed by atoms with Crippen LogP contribution in [0.15, 0.2) is 24.4 Å². The zero-order chi connectivity index (χ0) is 11.4. The van der Waals surface area contributed by atoms with Gasteiger partial charge in [0.1, 0.15) is 0 Å². The molecule has 3 nitrogen and oxygen atoms in total. The summed E-state index contributed by atoms with van der Waals surface area (Å²) in [6, 6.07) is 7.82. The van der Waals surface area contributed by atoms with E-state index in [1.165, 1.54) is 5.56 Å². The lowest BCUT2D eigenvalue weighted by Crippen LogP contribution is -1.87. The zero-order valence-corrected chi connectivity index (χ0v) is 9.03. The highest BCUT2D eigenvalue weighted by atomic mass is 16.2. The van der Waals surface area contributed by atoms with E-state index in [0.29, 0.717) is 5.56 Å². The first-order chi connectivity index (χ1) is 7.85. The molecular formula is C13H14N2O. The smallest absolute Gasteiger partial charge is 0.0991 e. The molecule has 0 aliphatic rings. The third-order valence-electron chi connectivity index (χ3n) is 2.75. The molecule has 0 saturated heterocycles. The fraction of sp³-hybridized carbons (Fsp3) is 0.308. The Balaban J connectivity index is 2.28. The number of hydrogen-bond donors (Lipinski definition) is 2. The molecule has 0 saturated carbocycles. The number of hydrogen-bond acceptors (Lipinski definition) is 2. The van der Waals surface area contributed by atoms with E-state index in [4.69, 9.17) is 10.4 Å². The van der Waals surface area contributed by atoms with Gasteiger partial charge < -0.3 is 10.1 Å². The van der Waals surface area contributed by atoms with Gasteiger partial charge in [-0.15, -0.1) is 0 Å². The van der Waals surface area contributed by atoms with Crippen molar-refractivity contribution in [2.75, 3.05) is 6.61 Å². The zero-order valence-electron chi connectivity index (χ0n) is 9.03. The van der Waals surface area contributed by atoms with Crippen LogP contribution in [0, 0.1) is 11.3 Å². The number of nitrogens with zero attached hydrogens (tertiary/aromatic N) is 1. The van der Waals surface area contributed by atoms with Gasteiger partial charge in [0.25, 0.3) is 0 Å². The average molecular weight is 214 g/mol. The van der Waals surface area contributed by atoms with Crippen LogP contribution >= 0.6 is 0 Å². The van der Waals surface area contributed by atoms with E-state index in [-0.39, 0.29) is 6.61 Å². The largest absolute Gasteiger partial charge is 0.396 e. The highest BCUT2D eigenvalue weighted by Gasteiger charge is 2.04. The maximum Gasteiger partial charge on any atom is 0.0991 e. The van der Waals surface area contributed by atoms with Crippen LogP contribution in [0.2, 0.25) is 0 Å². The van der Waals surface area contributed by atoms with Crippen molar-refractivity contribution in [3.05, 3.63) is 35.5 Å². The van der Waals surface area contributed by atoms with Crippen LogP contribution < -0.4 is 0 Å². The normalized spacial score (nSPS) is 10.5. The van der Waals surface area contributed by atoms with Gasteiger partial charge in [-0.3, -0.25) is 0 Å². The van der Waals surface area contributed by atoms with E-state index < -0.39 is 0 Å².